The van der Waals surface area contributed by atoms with Gasteiger partial charge in [-0.05, 0) is 224 Å². The molecule has 0 amide bonds. The van der Waals surface area contributed by atoms with Crippen molar-refractivity contribution in [3.05, 3.63) is 385 Å². The van der Waals surface area contributed by atoms with Gasteiger partial charge in [0.1, 0.15) is 0 Å². The highest BCUT2D eigenvalue weighted by molar-refractivity contribution is 5.91. The van der Waals surface area contributed by atoms with E-state index in [-0.39, 0.29) is 22.7 Å². The maximum Gasteiger partial charge on any atom is 0.0708 e. The third-order valence-electron chi connectivity index (χ3n) is 22.1. The number of nitrogens with zero attached hydrogens (tertiary/aromatic N) is 4. The molecule has 18 rings (SSSR count). The van der Waals surface area contributed by atoms with Gasteiger partial charge in [-0.25, -0.2) is 0 Å². The Hall–Kier alpha value is -12.2. The molecule has 0 aliphatic heterocycles. The zero-order valence-corrected chi connectivity index (χ0v) is 57.7. The molecule has 486 valence electrons. The molecule has 2 unspecified atom stereocenters. The van der Waals surface area contributed by atoms with E-state index in [2.05, 4.69) is 331 Å². The number of allylic oxidation sites excluding steroid dienone is 8. The van der Waals surface area contributed by atoms with Crippen LogP contribution in [0.3, 0.4) is 0 Å². The molecule has 10 aromatic carbocycles. The van der Waals surface area contributed by atoms with Crippen molar-refractivity contribution >= 4 is 11.1 Å². The van der Waals surface area contributed by atoms with Crippen LogP contribution in [0.4, 0.5) is 0 Å². The Morgan fingerprint density at radius 3 is 1.25 bits per heavy atom. The van der Waals surface area contributed by atoms with Crippen LogP contribution in [0.5, 0.6) is 0 Å². The minimum absolute atomic E-state index is 0.193. The predicted octanol–water partition coefficient (Wildman–Crippen LogP) is 25.1. The molecule has 0 N–H and O–H groups in total. The molecule has 0 saturated heterocycles. The van der Waals surface area contributed by atoms with E-state index in [1.165, 1.54) is 128 Å². The molecule has 0 fully saturated rings. The zero-order chi connectivity index (χ0) is 68.5. The van der Waals surface area contributed by atoms with Gasteiger partial charge in [0.15, 0.2) is 0 Å². The van der Waals surface area contributed by atoms with Crippen molar-refractivity contribution in [3.63, 3.8) is 0 Å². The van der Waals surface area contributed by atoms with Gasteiger partial charge in [0.25, 0.3) is 0 Å². The van der Waals surface area contributed by atoms with Crippen LogP contribution in [0.15, 0.2) is 341 Å². The van der Waals surface area contributed by atoms with Crippen molar-refractivity contribution in [2.24, 2.45) is 0 Å². The highest BCUT2D eigenvalue weighted by atomic mass is 14.7. The summed E-state index contributed by atoms with van der Waals surface area (Å²) in [6.45, 7) is 9.47. The van der Waals surface area contributed by atoms with E-state index in [0.29, 0.717) is 0 Å². The molecule has 14 aromatic rings. The molecule has 0 spiro atoms. The van der Waals surface area contributed by atoms with Crippen LogP contribution < -0.4 is 0 Å². The fourth-order valence-electron chi connectivity index (χ4n) is 16.3. The molecule has 0 bridgehead atoms. The van der Waals surface area contributed by atoms with Crippen LogP contribution in [0.2, 0.25) is 0 Å². The van der Waals surface area contributed by atoms with Crippen molar-refractivity contribution in [3.8, 4) is 123 Å². The topological polar surface area (TPSA) is 51.6 Å². The number of aromatic nitrogens is 4. The summed E-state index contributed by atoms with van der Waals surface area (Å²) in [6, 6.07) is 98.1. The molecule has 4 aliphatic carbocycles. The minimum Gasteiger partial charge on any atom is -0.264 e. The fraction of sp³-hybridized carbons (Fsp3) is 0.102. The van der Waals surface area contributed by atoms with E-state index >= 15 is 0 Å². The summed E-state index contributed by atoms with van der Waals surface area (Å²) in [5, 5.41) is 0. The molecule has 4 heteroatoms. The molecule has 4 nitrogen and oxygen atoms in total. The van der Waals surface area contributed by atoms with Crippen molar-refractivity contribution in [2.75, 3.05) is 0 Å². The molecular weight excluding hydrogens is 1230 g/mol. The maximum atomic E-state index is 4.94. The van der Waals surface area contributed by atoms with E-state index in [1.54, 1.807) is 0 Å². The summed E-state index contributed by atoms with van der Waals surface area (Å²) < 4.78 is 0. The average Bonchev–Trinajstić information content (AvgIpc) is 1.58. The van der Waals surface area contributed by atoms with Crippen molar-refractivity contribution in [1.82, 2.24) is 19.9 Å². The Morgan fingerprint density at radius 2 is 0.676 bits per heavy atom. The molecule has 0 saturated carbocycles. The average molecular weight is 1310 g/mol. The summed E-state index contributed by atoms with van der Waals surface area (Å²) in [7, 11) is 0. The third kappa shape index (κ3) is 11.4. The second-order valence-corrected chi connectivity index (χ2v) is 28.9. The fourth-order valence-corrected chi connectivity index (χ4v) is 16.3. The number of rotatable bonds is 13. The largest absolute Gasteiger partial charge is 0.264 e. The summed E-state index contributed by atoms with van der Waals surface area (Å²) >= 11 is 0. The summed E-state index contributed by atoms with van der Waals surface area (Å²) in [4.78, 5) is 19.4. The number of pyridine rings is 4. The van der Waals surface area contributed by atoms with Gasteiger partial charge in [-0.1, -0.05) is 264 Å². The van der Waals surface area contributed by atoms with E-state index in [1.807, 2.05) is 37.2 Å². The van der Waals surface area contributed by atoms with Crippen LogP contribution in [-0.2, 0) is 10.8 Å². The lowest BCUT2D eigenvalue weighted by Gasteiger charge is -2.23. The normalized spacial score (nSPS) is 15.8. The van der Waals surface area contributed by atoms with E-state index in [0.717, 1.165) is 63.2 Å². The van der Waals surface area contributed by atoms with E-state index < -0.39 is 0 Å². The first-order valence-corrected chi connectivity index (χ1v) is 35.7. The maximum absolute atomic E-state index is 4.94. The number of fused-ring (bicyclic) bond motifs is 6. The van der Waals surface area contributed by atoms with Crippen LogP contribution in [0.25, 0.3) is 134 Å². The minimum atomic E-state index is -0.202. The smallest absolute Gasteiger partial charge is 0.0708 e. The lowest BCUT2D eigenvalue weighted by atomic mass is 9.80. The SMILES string of the molecule is CC1(C)c2cc(-c3cncc(-c4ccc(-c5ccccc5)cc4)c3)ccc2-c2ccc(-c3cncc(C4C=CC(c5cccc(-c6ccccc6-c6ccc(-c7cc(-c8ccc9c(c8)C(C)(C)c8cc(-c%10ccnc(C%11C=CC(c%12ccccc%12)=CC%11)c%10)ccc8-9)ccn7)cc6)c5)=CC4)c3)cc21. The van der Waals surface area contributed by atoms with E-state index in [4.69, 9.17) is 19.9 Å². The van der Waals surface area contributed by atoms with E-state index in [9.17, 15) is 0 Å². The van der Waals surface area contributed by atoms with Crippen LogP contribution >= 0.6 is 0 Å². The summed E-state index contributed by atoms with van der Waals surface area (Å²) in [5.74, 6) is 0.460. The van der Waals surface area contributed by atoms with Crippen molar-refractivity contribution in [1.29, 1.82) is 0 Å². The number of hydrogen-bond donors (Lipinski definition) is 0. The number of benzene rings is 10. The third-order valence-corrected chi connectivity index (χ3v) is 22.1. The van der Waals surface area contributed by atoms with Gasteiger partial charge in [0, 0.05) is 87.8 Å². The molecule has 0 radical (unpaired) electrons. The van der Waals surface area contributed by atoms with Crippen molar-refractivity contribution < 1.29 is 0 Å². The highest BCUT2D eigenvalue weighted by Crippen LogP contribution is 2.53. The highest BCUT2D eigenvalue weighted by Gasteiger charge is 2.38. The first-order chi connectivity index (χ1) is 50.0. The second-order valence-electron chi connectivity index (χ2n) is 28.9. The molecule has 4 aromatic heterocycles. The van der Waals surface area contributed by atoms with Gasteiger partial charge in [-0.3, -0.25) is 19.9 Å². The molecule has 2 atom stereocenters. The van der Waals surface area contributed by atoms with Crippen molar-refractivity contribution in [2.45, 2.75) is 63.2 Å². The first kappa shape index (κ1) is 62.0. The van der Waals surface area contributed by atoms with Gasteiger partial charge < -0.3 is 0 Å². The lowest BCUT2D eigenvalue weighted by Crippen LogP contribution is -2.15. The summed E-state index contributed by atoms with van der Waals surface area (Å²) in [6.07, 6.45) is 27.8. The molecular formula is C98H74N4. The van der Waals surface area contributed by atoms with Crippen LogP contribution in [0, 0.1) is 0 Å². The Bertz CT molecular complexity index is 5750. The standard InChI is InChI=1S/C98H74N4/c1-97(2)91-53-74(78-46-48-101-95(57-78)71-34-30-66(31-35-71)64-16-9-6-10-17-64)38-42-87(91)88-43-39-75(54-92(88)97)79-47-49-102-96(58-79)72-36-32-70(33-37-72)85-20-11-12-21-86(85)80-19-13-18-73(50-80)67-24-28-69(29-25-67)82-52-84(62-100-60-82)77-41-45-90-89-44-40-76(55-93(89)98(3,4)94(90)56-77)83-51-81(59-99-61-83)68-26-22-65(23-27-68)63-14-7-5-8-15-63/h5-28,30-34,36-62,69,71H,29,35H2,1-4H3. The van der Waals surface area contributed by atoms with Gasteiger partial charge in [-0.2, -0.15) is 0 Å². The van der Waals surface area contributed by atoms with Crippen LogP contribution in [0.1, 0.15) is 97.0 Å². The molecule has 4 aliphatic rings. The second kappa shape index (κ2) is 25.5. The van der Waals surface area contributed by atoms with Gasteiger partial charge in [-0.15, -0.1) is 0 Å². The Kier molecular flexibility index (Phi) is 15.5. The Morgan fingerprint density at radius 1 is 0.275 bits per heavy atom. The monoisotopic (exact) mass is 1310 g/mol. The Balaban J connectivity index is 0.533. The van der Waals surface area contributed by atoms with Gasteiger partial charge in [0.05, 0.1) is 5.69 Å². The van der Waals surface area contributed by atoms with Crippen LogP contribution in [-0.4, -0.2) is 19.9 Å². The van der Waals surface area contributed by atoms with Gasteiger partial charge in [0.2, 0.25) is 0 Å². The molecule has 4 heterocycles. The van der Waals surface area contributed by atoms with Gasteiger partial charge >= 0.3 is 0 Å². The number of hydrogen-bond acceptors (Lipinski definition) is 4. The lowest BCUT2D eigenvalue weighted by molar-refractivity contribution is 0.660. The zero-order valence-electron chi connectivity index (χ0n) is 57.7. The molecule has 102 heavy (non-hydrogen) atoms. The first-order valence-electron chi connectivity index (χ1n) is 35.7. The Labute approximate surface area is 598 Å². The quantitative estimate of drug-likeness (QED) is 0.115. The predicted molar refractivity (Wildman–Crippen MR) is 424 cm³/mol. The summed E-state index contributed by atoms with van der Waals surface area (Å²) in [5.41, 5.74) is 38.3.